The molecule has 0 fully saturated rings. The van der Waals surface area contributed by atoms with Crippen LogP contribution in [0.2, 0.25) is 0 Å². The number of carbonyl (C=O) groups is 2. The molecule has 0 saturated heterocycles. The Balaban J connectivity index is 1.43. The number of aldehydes is 1. The molecular weight excluding hydrogens is 478 g/mol. The Morgan fingerprint density at radius 1 is 1.16 bits per heavy atom. The largest absolute Gasteiger partial charge is 0.417 e. The number of oxazole rings is 1. The number of amides is 1. The normalized spacial score (nSPS) is 23.4. The first-order valence-electron chi connectivity index (χ1n) is 12.8. The smallest absolute Gasteiger partial charge is 0.408 e. The summed E-state index contributed by atoms with van der Waals surface area (Å²) in [6, 6.07) is 3.63. The van der Waals surface area contributed by atoms with E-state index in [-0.39, 0.29) is 18.0 Å². The van der Waals surface area contributed by atoms with Crippen molar-refractivity contribution in [1.29, 1.82) is 0 Å². The zero-order valence-corrected chi connectivity index (χ0v) is 22.0. The predicted molar refractivity (Wildman–Crippen MR) is 149 cm³/mol. The molecule has 38 heavy (non-hydrogen) atoms. The number of nitrogens with zero attached hydrogens (tertiary/aromatic N) is 1. The first-order valence-corrected chi connectivity index (χ1v) is 12.8. The van der Waals surface area contributed by atoms with Crippen LogP contribution in [0.25, 0.3) is 16.7 Å². The lowest BCUT2D eigenvalue weighted by atomic mass is 9.92. The molecule has 1 aliphatic carbocycles. The first-order chi connectivity index (χ1) is 18.2. The fraction of sp³-hybridized carbons (Fsp3) is 0.258. The van der Waals surface area contributed by atoms with Gasteiger partial charge in [-0.3, -0.25) is 19.5 Å². The SMILES string of the molecule is CC1=CN2C(=O)/C=C(/c3cc(C)c4oc(=O)[nH]c4c3)CC/C=C/2C(C(C)NC2C=CC=CC(C=O)=C2C)=C1. The number of fused-ring (bicyclic) bond motifs is 2. The molecule has 0 saturated carbocycles. The molecule has 5 rings (SSSR count). The quantitative estimate of drug-likeness (QED) is 0.544. The molecule has 2 aliphatic heterocycles. The molecule has 0 radical (unpaired) electrons. The molecule has 7 nitrogen and oxygen atoms in total. The molecule has 3 aliphatic rings. The van der Waals surface area contributed by atoms with Crippen LogP contribution >= 0.6 is 0 Å². The van der Waals surface area contributed by atoms with E-state index in [9.17, 15) is 14.4 Å². The standard InChI is InChI=1S/C31H31N3O4/c1-18-12-25(21(4)32-26-10-6-5-8-23(17-35)20(26)3)28-11-7-9-22(15-29(36)34(28)16-18)24-13-19(2)30-27(14-24)33-31(37)38-30/h5-6,8,10-17,21,26,32H,7,9H2,1-4H3,(H,33,37)/b22-15+,28-11+. The van der Waals surface area contributed by atoms with Gasteiger partial charge in [0.05, 0.1) is 5.52 Å². The third-order valence-electron chi connectivity index (χ3n) is 7.27. The zero-order chi connectivity index (χ0) is 27.0. The van der Waals surface area contributed by atoms with Gasteiger partial charge in [-0.2, -0.15) is 0 Å². The van der Waals surface area contributed by atoms with Crippen molar-refractivity contribution >= 4 is 28.9 Å². The van der Waals surface area contributed by atoms with Crippen molar-refractivity contribution in [2.24, 2.45) is 0 Å². The summed E-state index contributed by atoms with van der Waals surface area (Å²) in [6.07, 6.45) is 17.8. The molecule has 1 amide bonds. The number of aromatic nitrogens is 1. The minimum Gasteiger partial charge on any atom is -0.408 e. The summed E-state index contributed by atoms with van der Waals surface area (Å²) in [5.41, 5.74) is 8.29. The third-order valence-corrected chi connectivity index (χ3v) is 7.27. The number of carbonyl (C=O) groups excluding carboxylic acids is 2. The number of aryl methyl sites for hydroxylation is 1. The summed E-state index contributed by atoms with van der Waals surface area (Å²) in [4.78, 5) is 41.3. The molecule has 1 aromatic carbocycles. The van der Waals surface area contributed by atoms with Crippen molar-refractivity contribution in [3.63, 3.8) is 0 Å². The van der Waals surface area contributed by atoms with E-state index in [2.05, 4.69) is 29.4 Å². The van der Waals surface area contributed by atoms with Crippen LogP contribution in [0, 0.1) is 6.92 Å². The van der Waals surface area contributed by atoms with Crippen molar-refractivity contribution in [2.75, 3.05) is 0 Å². The fourth-order valence-corrected chi connectivity index (χ4v) is 5.27. The Labute approximate surface area is 221 Å². The number of benzene rings is 1. The number of hydrogen-bond acceptors (Lipinski definition) is 5. The van der Waals surface area contributed by atoms with Crippen molar-refractivity contribution in [3.05, 3.63) is 111 Å². The van der Waals surface area contributed by atoms with Gasteiger partial charge in [-0.05, 0) is 86.1 Å². The maximum Gasteiger partial charge on any atom is 0.417 e. The summed E-state index contributed by atoms with van der Waals surface area (Å²) < 4.78 is 5.24. The Bertz CT molecular complexity index is 1600. The molecular formula is C31H31N3O4. The second-order valence-corrected chi connectivity index (χ2v) is 10.0. The van der Waals surface area contributed by atoms with Gasteiger partial charge in [-0.1, -0.05) is 36.5 Å². The lowest BCUT2D eigenvalue weighted by molar-refractivity contribution is -0.122. The van der Waals surface area contributed by atoms with Crippen LogP contribution in [0.1, 0.15) is 44.7 Å². The lowest BCUT2D eigenvalue weighted by Gasteiger charge is -2.33. The highest BCUT2D eigenvalue weighted by Crippen LogP contribution is 2.33. The summed E-state index contributed by atoms with van der Waals surface area (Å²) in [5, 5.41) is 3.64. The third kappa shape index (κ3) is 4.85. The minimum atomic E-state index is -0.491. The second kappa shape index (κ2) is 10.3. The highest BCUT2D eigenvalue weighted by Gasteiger charge is 2.28. The lowest BCUT2D eigenvalue weighted by Crippen LogP contribution is -2.41. The van der Waals surface area contributed by atoms with E-state index in [1.54, 1.807) is 11.0 Å². The molecule has 3 heterocycles. The van der Waals surface area contributed by atoms with Gasteiger partial charge in [0.2, 0.25) is 0 Å². The Kier molecular flexibility index (Phi) is 6.87. The van der Waals surface area contributed by atoms with Crippen molar-refractivity contribution in [3.8, 4) is 0 Å². The van der Waals surface area contributed by atoms with Crippen LogP contribution in [-0.2, 0) is 9.59 Å². The molecule has 2 N–H and O–H groups in total. The van der Waals surface area contributed by atoms with Crippen molar-refractivity contribution in [2.45, 2.75) is 52.6 Å². The number of allylic oxidation sites excluding steroid dienone is 8. The number of H-pyrrole nitrogens is 1. The molecule has 1 aromatic heterocycles. The molecule has 7 heteroatoms. The average molecular weight is 510 g/mol. The second-order valence-electron chi connectivity index (χ2n) is 10.0. The van der Waals surface area contributed by atoms with Gasteiger partial charge < -0.3 is 9.73 Å². The number of rotatable bonds is 5. The van der Waals surface area contributed by atoms with Crippen LogP contribution < -0.4 is 11.1 Å². The van der Waals surface area contributed by atoms with Crippen LogP contribution in [0.3, 0.4) is 0 Å². The van der Waals surface area contributed by atoms with Gasteiger partial charge in [0.25, 0.3) is 5.91 Å². The summed E-state index contributed by atoms with van der Waals surface area (Å²) in [7, 11) is 0. The molecule has 2 unspecified atom stereocenters. The molecule has 2 atom stereocenters. The zero-order valence-electron chi connectivity index (χ0n) is 22.0. The summed E-state index contributed by atoms with van der Waals surface area (Å²) >= 11 is 0. The van der Waals surface area contributed by atoms with E-state index in [4.69, 9.17) is 4.42 Å². The van der Waals surface area contributed by atoms with Gasteiger partial charge in [0, 0.05) is 35.6 Å². The molecule has 194 valence electrons. The van der Waals surface area contributed by atoms with Gasteiger partial charge in [0.1, 0.15) is 6.29 Å². The van der Waals surface area contributed by atoms with Gasteiger partial charge >= 0.3 is 5.76 Å². The molecule has 0 spiro atoms. The van der Waals surface area contributed by atoms with Crippen LogP contribution in [0.15, 0.2) is 98.1 Å². The van der Waals surface area contributed by atoms with E-state index in [0.29, 0.717) is 23.1 Å². The highest BCUT2D eigenvalue weighted by atomic mass is 16.4. The maximum absolute atomic E-state index is 13.6. The van der Waals surface area contributed by atoms with E-state index in [1.165, 1.54) is 0 Å². The highest BCUT2D eigenvalue weighted by molar-refractivity contribution is 5.98. The molecule has 0 bridgehead atoms. The van der Waals surface area contributed by atoms with E-state index in [1.807, 2.05) is 63.4 Å². The minimum absolute atomic E-state index is 0.0818. The number of hydrogen-bond donors (Lipinski definition) is 2. The Morgan fingerprint density at radius 3 is 2.76 bits per heavy atom. The van der Waals surface area contributed by atoms with Crippen molar-refractivity contribution in [1.82, 2.24) is 15.2 Å². The number of nitrogens with one attached hydrogen (secondary N) is 2. The monoisotopic (exact) mass is 509 g/mol. The van der Waals surface area contributed by atoms with Crippen LogP contribution in [0.5, 0.6) is 0 Å². The topological polar surface area (TPSA) is 95.4 Å². The van der Waals surface area contributed by atoms with Crippen molar-refractivity contribution < 1.29 is 14.0 Å². The first kappa shape index (κ1) is 25.4. The van der Waals surface area contributed by atoms with Gasteiger partial charge in [-0.25, -0.2) is 4.79 Å². The van der Waals surface area contributed by atoms with Gasteiger partial charge in [0.15, 0.2) is 5.58 Å². The molecule has 2 aromatic rings. The average Bonchev–Trinajstić information content (AvgIpc) is 3.17. The Morgan fingerprint density at radius 2 is 1.97 bits per heavy atom. The summed E-state index contributed by atoms with van der Waals surface area (Å²) in [6.45, 7) is 7.92. The van der Waals surface area contributed by atoms with Crippen LogP contribution in [-0.4, -0.2) is 34.2 Å². The predicted octanol–water partition coefficient (Wildman–Crippen LogP) is 5.15. The van der Waals surface area contributed by atoms with E-state index in [0.717, 1.165) is 51.8 Å². The van der Waals surface area contributed by atoms with Crippen LogP contribution in [0.4, 0.5) is 0 Å². The number of aromatic amines is 1. The fourth-order valence-electron chi connectivity index (χ4n) is 5.27. The van der Waals surface area contributed by atoms with E-state index < -0.39 is 5.76 Å². The van der Waals surface area contributed by atoms with Gasteiger partial charge in [-0.15, -0.1) is 0 Å². The van der Waals surface area contributed by atoms with E-state index >= 15 is 0 Å². The summed E-state index contributed by atoms with van der Waals surface area (Å²) in [5.74, 6) is -0.616. The Hall–Kier alpha value is -4.23. The maximum atomic E-state index is 13.6.